The van der Waals surface area contributed by atoms with E-state index in [1.807, 2.05) is 0 Å². The smallest absolute Gasteiger partial charge is 0.252 e. The van der Waals surface area contributed by atoms with Gasteiger partial charge in [0.2, 0.25) is 11.8 Å². The Morgan fingerprint density at radius 3 is 2.56 bits per heavy atom. The second-order valence-electron chi connectivity index (χ2n) is 8.22. The van der Waals surface area contributed by atoms with Crippen LogP contribution in [-0.4, -0.2) is 48.9 Å². The van der Waals surface area contributed by atoms with Crippen molar-refractivity contribution in [2.45, 2.75) is 36.9 Å². The maximum Gasteiger partial charge on any atom is 0.252 e. The van der Waals surface area contributed by atoms with Gasteiger partial charge in [0.05, 0.1) is 6.61 Å². The van der Waals surface area contributed by atoms with E-state index in [1.54, 1.807) is 12.1 Å². The standard InChI is InChI=1S/C23H21ClF3N3O4/c24-17-7-2-1-6-16(17)20(21(32)28-14-9-23(26,27)10-14)30(15-5-3-4-13(25)8-15)22(33)18-11-34-12-19(31)29-18/h1-8,14,18,20H,9-12H2,(H,28,32)(H,29,31)/t18-,20?/m0/s1. The molecule has 3 amide bonds. The number of carbonyl (C=O) groups excluding carboxylic acids is 3. The molecule has 2 atom stereocenters. The van der Waals surface area contributed by atoms with Crippen LogP contribution < -0.4 is 15.5 Å². The van der Waals surface area contributed by atoms with E-state index in [0.717, 1.165) is 11.0 Å². The zero-order valence-electron chi connectivity index (χ0n) is 17.8. The van der Waals surface area contributed by atoms with Gasteiger partial charge in [0, 0.05) is 35.2 Å². The Balaban J connectivity index is 1.77. The molecule has 34 heavy (non-hydrogen) atoms. The second kappa shape index (κ2) is 9.63. The van der Waals surface area contributed by atoms with Gasteiger partial charge in [-0.2, -0.15) is 0 Å². The van der Waals surface area contributed by atoms with E-state index in [2.05, 4.69) is 10.6 Å². The van der Waals surface area contributed by atoms with E-state index in [9.17, 15) is 27.6 Å². The molecule has 4 rings (SSSR count). The van der Waals surface area contributed by atoms with E-state index >= 15 is 0 Å². The van der Waals surface area contributed by atoms with Crippen LogP contribution in [0.4, 0.5) is 18.9 Å². The summed E-state index contributed by atoms with van der Waals surface area (Å²) in [6.07, 6.45) is -1.07. The lowest BCUT2D eigenvalue weighted by molar-refractivity contribution is -0.138. The predicted molar refractivity (Wildman–Crippen MR) is 117 cm³/mol. The molecule has 0 aromatic heterocycles. The molecule has 0 spiro atoms. The average molecular weight is 496 g/mol. The molecule has 2 N–H and O–H groups in total. The van der Waals surface area contributed by atoms with E-state index in [-0.39, 0.29) is 29.5 Å². The largest absolute Gasteiger partial charge is 0.369 e. The van der Waals surface area contributed by atoms with Crippen LogP contribution in [0.1, 0.15) is 24.4 Å². The molecular formula is C23H21ClF3N3O4. The minimum absolute atomic E-state index is 0.0174. The molecule has 2 aromatic rings. The molecule has 1 heterocycles. The minimum atomic E-state index is -2.88. The molecule has 2 aromatic carbocycles. The zero-order valence-corrected chi connectivity index (χ0v) is 18.5. The van der Waals surface area contributed by atoms with Gasteiger partial charge in [-0.25, -0.2) is 13.2 Å². The van der Waals surface area contributed by atoms with Crippen molar-refractivity contribution in [2.24, 2.45) is 0 Å². The van der Waals surface area contributed by atoms with Crippen molar-refractivity contribution in [1.82, 2.24) is 10.6 Å². The molecule has 2 fully saturated rings. The average Bonchev–Trinajstić information content (AvgIpc) is 2.76. The van der Waals surface area contributed by atoms with Gasteiger partial charge < -0.3 is 15.4 Å². The highest BCUT2D eigenvalue weighted by Crippen LogP contribution is 2.39. The van der Waals surface area contributed by atoms with Crippen molar-refractivity contribution in [3.63, 3.8) is 0 Å². The zero-order chi connectivity index (χ0) is 24.5. The van der Waals surface area contributed by atoms with Gasteiger partial charge in [0.25, 0.3) is 11.8 Å². The van der Waals surface area contributed by atoms with Crippen LogP contribution in [0.3, 0.4) is 0 Å². The first-order chi connectivity index (χ1) is 16.1. The lowest BCUT2D eigenvalue weighted by Crippen LogP contribution is -2.58. The first-order valence-corrected chi connectivity index (χ1v) is 10.9. The summed E-state index contributed by atoms with van der Waals surface area (Å²) in [6, 6.07) is 7.84. The summed E-state index contributed by atoms with van der Waals surface area (Å²) in [5.41, 5.74) is 0.220. The number of amides is 3. The predicted octanol–water partition coefficient (Wildman–Crippen LogP) is 2.98. The van der Waals surface area contributed by atoms with Gasteiger partial charge >= 0.3 is 0 Å². The van der Waals surface area contributed by atoms with Crippen molar-refractivity contribution < 1.29 is 32.3 Å². The third kappa shape index (κ3) is 5.18. The number of alkyl halides is 2. The molecule has 180 valence electrons. The molecule has 1 aliphatic carbocycles. The van der Waals surface area contributed by atoms with Crippen LogP contribution in [0.25, 0.3) is 0 Å². The Morgan fingerprint density at radius 2 is 1.91 bits per heavy atom. The van der Waals surface area contributed by atoms with Crippen LogP contribution in [0.5, 0.6) is 0 Å². The second-order valence-corrected chi connectivity index (χ2v) is 8.62. The first kappa shape index (κ1) is 24.0. The number of nitrogens with one attached hydrogen (secondary N) is 2. The maximum absolute atomic E-state index is 14.2. The SMILES string of the molecule is O=C1COC[C@@H](C(=O)N(c2cccc(F)c2)C(C(=O)NC2CC(F)(F)C2)c2ccccc2Cl)N1. The van der Waals surface area contributed by atoms with E-state index < -0.39 is 60.4 Å². The highest BCUT2D eigenvalue weighted by molar-refractivity contribution is 6.31. The molecular weight excluding hydrogens is 475 g/mol. The molecule has 1 saturated heterocycles. The molecule has 1 unspecified atom stereocenters. The number of hydrogen-bond acceptors (Lipinski definition) is 4. The number of anilines is 1. The number of rotatable bonds is 6. The fraction of sp³-hybridized carbons (Fsp3) is 0.348. The molecule has 1 aliphatic heterocycles. The fourth-order valence-electron chi connectivity index (χ4n) is 4.02. The summed E-state index contributed by atoms with van der Waals surface area (Å²) in [5.74, 6) is -5.60. The van der Waals surface area contributed by atoms with Crippen LogP contribution >= 0.6 is 11.6 Å². The van der Waals surface area contributed by atoms with Crippen molar-refractivity contribution in [2.75, 3.05) is 18.1 Å². The van der Waals surface area contributed by atoms with Crippen molar-refractivity contribution in [3.8, 4) is 0 Å². The summed E-state index contributed by atoms with van der Waals surface area (Å²) >= 11 is 6.36. The number of nitrogens with zero attached hydrogens (tertiary/aromatic N) is 1. The van der Waals surface area contributed by atoms with E-state index in [4.69, 9.17) is 16.3 Å². The van der Waals surface area contributed by atoms with Crippen LogP contribution in [0, 0.1) is 5.82 Å². The molecule has 0 radical (unpaired) electrons. The molecule has 2 aliphatic rings. The molecule has 1 saturated carbocycles. The number of halogens is 4. The third-order valence-electron chi connectivity index (χ3n) is 5.62. The Kier molecular flexibility index (Phi) is 6.81. The number of morpholine rings is 1. The van der Waals surface area contributed by atoms with Gasteiger partial charge in [-0.15, -0.1) is 0 Å². The lowest BCUT2D eigenvalue weighted by atomic mass is 9.87. The van der Waals surface area contributed by atoms with Crippen molar-refractivity contribution in [3.05, 3.63) is 64.9 Å². The minimum Gasteiger partial charge on any atom is -0.369 e. The maximum atomic E-state index is 14.2. The summed E-state index contributed by atoms with van der Waals surface area (Å²) in [5, 5.41) is 5.19. The molecule has 0 bridgehead atoms. The summed E-state index contributed by atoms with van der Waals surface area (Å²) < 4.78 is 46.1. The Hall–Kier alpha value is -3.11. The van der Waals surface area contributed by atoms with Gasteiger partial charge in [-0.3, -0.25) is 19.3 Å². The van der Waals surface area contributed by atoms with Crippen LogP contribution in [0.15, 0.2) is 48.5 Å². The number of ether oxygens (including phenoxy) is 1. The summed E-state index contributed by atoms with van der Waals surface area (Å²) in [4.78, 5) is 39.9. The Bertz CT molecular complexity index is 1110. The Labute approximate surface area is 198 Å². The van der Waals surface area contributed by atoms with Crippen molar-refractivity contribution in [1.29, 1.82) is 0 Å². The van der Waals surface area contributed by atoms with E-state index in [0.29, 0.717) is 0 Å². The lowest BCUT2D eigenvalue weighted by Gasteiger charge is -2.39. The third-order valence-corrected chi connectivity index (χ3v) is 5.96. The fourth-order valence-corrected chi connectivity index (χ4v) is 4.25. The van der Waals surface area contributed by atoms with Gasteiger partial charge in [0.15, 0.2) is 0 Å². The van der Waals surface area contributed by atoms with Gasteiger partial charge in [-0.05, 0) is 24.3 Å². The summed E-state index contributed by atoms with van der Waals surface area (Å²) in [7, 11) is 0. The number of carbonyl (C=O) groups is 3. The topological polar surface area (TPSA) is 87.7 Å². The van der Waals surface area contributed by atoms with Crippen molar-refractivity contribution >= 4 is 35.0 Å². The van der Waals surface area contributed by atoms with Crippen LogP contribution in [0.2, 0.25) is 5.02 Å². The Morgan fingerprint density at radius 1 is 1.18 bits per heavy atom. The van der Waals surface area contributed by atoms with Crippen LogP contribution in [-0.2, 0) is 19.1 Å². The van der Waals surface area contributed by atoms with Gasteiger partial charge in [0.1, 0.15) is 24.5 Å². The summed E-state index contributed by atoms with van der Waals surface area (Å²) in [6.45, 7) is -0.393. The normalized spacial score (nSPS) is 20.6. The monoisotopic (exact) mass is 495 g/mol. The van der Waals surface area contributed by atoms with E-state index in [1.165, 1.54) is 30.3 Å². The highest BCUT2D eigenvalue weighted by Gasteiger charge is 2.47. The highest BCUT2D eigenvalue weighted by atomic mass is 35.5. The number of benzene rings is 2. The molecule has 11 heteroatoms. The number of hydrogen-bond donors (Lipinski definition) is 2. The molecule has 7 nitrogen and oxygen atoms in total. The quantitative estimate of drug-likeness (QED) is 0.645. The first-order valence-electron chi connectivity index (χ1n) is 10.5. The van der Waals surface area contributed by atoms with Gasteiger partial charge in [-0.1, -0.05) is 35.9 Å².